The molecule has 2 aromatic carbocycles. The Kier molecular flexibility index (Phi) is 6.14. The SMILES string of the molecule is CN(C)S(=O)(=O)c1ccc(Cl)c(C(=O)N(Cc2ccc3c(c2)OCO3)C2CCCC2)c1. The summed E-state index contributed by atoms with van der Waals surface area (Å²) in [5, 5.41) is 0.233. The molecule has 2 aromatic rings. The van der Waals surface area contributed by atoms with Gasteiger partial charge in [0.1, 0.15) is 0 Å². The van der Waals surface area contributed by atoms with Crippen LogP contribution in [0.3, 0.4) is 0 Å². The molecule has 0 bridgehead atoms. The van der Waals surface area contributed by atoms with E-state index in [1.807, 2.05) is 18.2 Å². The van der Waals surface area contributed by atoms with Crippen molar-refractivity contribution in [3.63, 3.8) is 0 Å². The first kappa shape index (κ1) is 21.9. The molecule has 0 N–H and O–H groups in total. The molecule has 4 rings (SSSR count). The predicted octanol–water partition coefficient (Wildman–Crippen LogP) is 3.90. The number of ether oxygens (including phenoxy) is 2. The lowest BCUT2D eigenvalue weighted by Gasteiger charge is -2.30. The molecule has 1 aliphatic carbocycles. The number of benzene rings is 2. The van der Waals surface area contributed by atoms with E-state index in [9.17, 15) is 13.2 Å². The Hall–Kier alpha value is -2.29. The van der Waals surface area contributed by atoms with Gasteiger partial charge in [-0.25, -0.2) is 12.7 Å². The minimum absolute atomic E-state index is 0.0414. The van der Waals surface area contributed by atoms with E-state index < -0.39 is 10.0 Å². The summed E-state index contributed by atoms with van der Waals surface area (Å²) in [7, 11) is -0.778. The highest BCUT2D eigenvalue weighted by molar-refractivity contribution is 7.89. The molecule has 1 fully saturated rings. The average molecular weight is 465 g/mol. The molecule has 0 unspecified atom stereocenters. The number of carbonyl (C=O) groups is 1. The molecule has 0 saturated heterocycles. The highest BCUT2D eigenvalue weighted by Gasteiger charge is 2.30. The summed E-state index contributed by atoms with van der Waals surface area (Å²) >= 11 is 6.36. The molecule has 0 atom stereocenters. The second-order valence-corrected chi connectivity index (χ2v) is 10.5. The minimum Gasteiger partial charge on any atom is -0.454 e. The van der Waals surface area contributed by atoms with Crippen molar-refractivity contribution >= 4 is 27.5 Å². The van der Waals surface area contributed by atoms with Crippen LogP contribution in [0.25, 0.3) is 0 Å². The maximum absolute atomic E-state index is 13.6. The Bertz CT molecular complexity index is 1100. The fourth-order valence-electron chi connectivity index (χ4n) is 4.01. The lowest BCUT2D eigenvalue weighted by Crippen LogP contribution is -2.38. The first-order valence-corrected chi connectivity index (χ1v) is 12.0. The van der Waals surface area contributed by atoms with E-state index in [0.29, 0.717) is 18.0 Å². The molecule has 166 valence electrons. The smallest absolute Gasteiger partial charge is 0.255 e. The van der Waals surface area contributed by atoms with Crippen molar-refractivity contribution in [1.29, 1.82) is 0 Å². The summed E-state index contributed by atoms with van der Waals surface area (Å²) < 4.78 is 37.1. The van der Waals surface area contributed by atoms with Crippen molar-refractivity contribution < 1.29 is 22.7 Å². The summed E-state index contributed by atoms with van der Waals surface area (Å²) in [6.45, 7) is 0.563. The molecule has 1 saturated carbocycles. The normalized spacial score (nSPS) is 16.1. The van der Waals surface area contributed by atoms with Gasteiger partial charge >= 0.3 is 0 Å². The van der Waals surface area contributed by atoms with Crippen LogP contribution in [0.2, 0.25) is 5.02 Å². The van der Waals surface area contributed by atoms with Crippen LogP contribution in [-0.2, 0) is 16.6 Å². The topological polar surface area (TPSA) is 76.2 Å². The van der Waals surface area contributed by atoms with Gasteiger partial charge in [-0.1, -0.05) is 30.5 Å². The third-order valence-electron chi connectivity index (χ3n) is 5.76. The molecule has 1 aliphatic heterocycles. The van der Waals surface area contributed by atoms with Crippen LogP contribution in [0.15, 0.2) is 41.3 Å². The van der Waals surface area contributed by atoms with Gasteiger partial charge in [-0.05, 0) is 48.7 Å². The second-order valence-electron chi connectivity index (χ2n) is 7.99. The van der Waals surface area contributed by atoms with E-state index in [1.165, 1.54) is 32.3 Å². The highest BCUT2D eigenvalue weighted by Crippen LogP contribution is 2.34. The van der Waals surface area contributed by atoms with Gasteiger partial charge in [-0.2, -0.15) is 0 Å². The van der Waals surface area contributed by atoms with Crippen molar-refractivity contribution in [2.24, 2.45) is 0 Å². The van der Waals surface area contributed by atoms with Crippen LogP contribution < -0.4 is 9.47 Å². The van der Waals surface area contributed by atoms with Gasteiger partial charge < -0.3 is 14.4 Å². The molecule has 0 radical (unpaired) electrons. The Morgan fingerprint density at radius 3 is 2.48 bits per heavy atom. The zero-order valence-corrected chi connectivity index (χ0v) is 19.1. The zero-order chi connectivity index (χ0) is 22.2. The number of carbonyl (C=O) groups excluding carboxylic acids is 1. The molecule has 2 aliphatic rings. The lowest BCUT2D eigenvalue weighted by atomic mass is 10.1. The first-order chi connectivity index (χ1) is 14.8. The van der Waals surface area contributed by atoms with Gasteiger partial charge in [0.25, 0.3) is 5.91 Å². The van der Waals surface area contributed by atoms with E-state index in [0.717, 1.165) is 35.6 Å². The Morgan fingerprint density at radius 2 is 1.77 bits per heavy atom. The van der Waals surface area contributed by atoms with Gasteiger partial charge in [0.15, 0.2) is 11.5 Å². The van der Waals surface area contributed by atoms with Crippen molar-refractivity contribution in [3.05, 3.63) is 52.5 Å². The first-order valence-electron chi connectivity index (χ1n) is 10.2. The second kappa shape index (κ2) is 8.68. The van der Waals surface area contributed by atoms with Crippen LogP contribution in [0.1, 0.15) is 41.6 Å². The lowest BCUT2D eigenvalue weighted by molar-refractivity contribution is 0.0664. The molecule has 1 amide bonds. The maximum atomic E-state index is 13.6. The molecular formula is C22H25ClN2O5S. The van der Waals surface area contributed by atoms with Crippen LogP contribution in [0.4, 0.5) is 0 Å². The van der Waals surface area contributed by atoms with Gasteiger partial charge in [0, 0.05) is 26.7 Å². The molecular weight excluding hydrogens is 440 g/mol. The number of hydrogen-bond acceptors (Lipinski definition) is 5. The number of fused-ring (bicyclic) bond motifs is 1. The fraction of sp³-hybridized carbons (Fsp3) is 0.409. The van der Waals surface area contributed by atoms with Gasteiger partial charge in [0.05, 0.1) is 15.5 Å². The van der Waals surface area contributed by atoms with Crippen LogP contribution >= 0.6 is 11.6 Å². The molecule has 7 nitrogen and oxygen atoms in total. The van der Waals surface area contributed by atoms with E-state index in [2.05, 4.69) is 0 Å². The maximum Gasteiger partial charge on any atom is 0.255 e. The molecule has 0 spiro atoms. The van der Waals surface area contributed by atoms with Crippen LogP contribution in [0.5, 0.6) is 11.5 Å². The van der Waals surface area contributed by atoms with E-state index >= 15 is 0 Å². The monoisotopic (exact) mass is 464 g/mol. The number of amides is 1. The molecule has 31 heavy (non-hydrogen) atoms. The Morgan fingerprint density at radius 1 is 1.06 bits per heavy atom. The summed E-state index contributed by atoms with van der Waals surface area (Å²) in [6.07, 6.45) is 3.92. The van der Waals surface area contributed by atoms with Crippen molar-refractivity contribution in [3.8, 4) is 11.5 Å². The fourth-order valence-corrected chi connectivity index (χ4v) is 5.14. The standard InChI is InChI=1S/C22H25ClN2O5S/c1-24(2)31(27,28)17-8-9-19(23)18(12-17)22(26)25(16-5-3-4-6-16)13-15-7-10-20-21(11-15)30-14-29-20/h7-12,16H,3-6,13-14H2,1-2H3. The molecule has 1 heterocycles. The van der Waals surface area contributed by atoms with Gasteiger partial charge in [0.2, 0.25) is 16.8 Å². The van der Waals surface area contributed by atoms with Gasteiger partial charge in [-0.3, -0.25) is 4.79 Å². The van der Waals surface area contributed by atoms with E-state index in [1.54, 1.807) is 4.90 Å². The van der Waals surface area contributed by atoms with E-state index in [4.69, 9.17) is 21.1 Å². The van der Waals surface area contributed by atoms with Crippen LogP contribution in [0, 0.1) is 0 Å². The summed E-state index contributed by atoms with van der Waals surface area (Å²) in [4.78, 5) is 15.5. The van der Waals surface area contributed by atoms with Crippen molar-refractivity contribution in [2.75, 3.05) is 20.9 Å². The third kappa shape index (κ3) is 4.37. The van der Waals surface area contributed by atoms with E-state index in [-0.39, 0.29) is 34.2 Å². The molecule has 0 aromatic heterocycles. The molecule has 9 heteroatoms. The number of rotatable bonds is 6. The van der Waals surface area contributed by atoms with Gasteiger partial charge in [-0.15, -0.1) is 0 Å². The van der Waals surface area contributed by atoms with Crippen LogP contribution in [-0.4, -0.2) is 50.5 Å². The van der Waals surface area contributed by atoms with Crippen molar-refractivity contribution in [2.45, 2.75) is 43.2 Å². The quantitative estimate of drug-likeness (QED) is 0.648. The summed E-state index contributed by atoms with van der Waals surface area (Å²) in [5.74, 6) is 1.07. The predicted molar refractivity (Wildman–Crippen MR) is 117 cm³/mol. The summed E-state index contributed by atoms with van der Waals surface area (Å²) in [6, 6.07) is 9.98. The average Bonchev–Trinajstić information content (AvgIpc) is 3.43. The number of sulfonamides is 1. The minimum atomic E-state index is -3.69. The highest BCUT2D eigenvalue weighted by atomic mass is 35.5. The number of nitrogens with zero attached hydrogens (tertiary/aromatic N) is 2. The largest absolute Gasteiger partial charge is 0.454 e. The zero-order valence-electron chi connectivity index (χ0n) is 17.5. The number of hydrogen-bond donors (Lipinski definition) is 0. The van der Waals surface area contributed by atoms with Crippen molar-refractivity contribution in [1.82, 2.24) is 9.21 Å². The Balaban J connectivity index is 1.68. The third-order valence-corrected chi connectivity index (χ3v) is 7.90. The Labute approximate surface area is 187 Å². The number of halogens is 1. The summed E-state index contributed by atoms with van der Waals surface area (Å²) in [5.41, 5.74) is 1.11.